The van der Waals surface area contributed by atoms with Crippen molar-refractivity contribution < 1.29 is 13.2 Å². The first-order valence-electron chi connectivity index (χ1n) is 8.49. The quantitative estimate of drug-likeness (QED) is 0.724. The van der Waals surface area contributed by atoms with Crippen LogP contribution in [0.2, 0.25) is 0 Å². The maximum absolute atomic E-state index is 12.4. The summed E-state index contributed by atoms with van der Waals surface area (Å²) in [5, 5.41) is 2.66. The molecule has 0 saturated carbocycles. The minimum atomic E-state index is -3.50. The first-order valence-corrected chi connectivity index (χ1v) is 10.1. The largest absolute Gasteiger partial charge is 0.351 e. The molecule has 0 spiro atoms. The average molecular weight is 372 g/mol. The average Bonchev–Trinajstić information content (AvgIpc) is 2.66. The first-order chi connectivity index (χ1) is 12.4. The van der Waals surface area contributed by atoms with Gasteiger partial charge in [-0.25, -0.2) is 8.42 Å². The maximum atomic E-state index is 12.4. The molecule has 138 valence electrons. The minimum Gasteiger partial charge on any atom is -0.351 e. The molecule has 26 heavy (non-hydrogen) atoms. The van der Waals surface area contributed by atoms with E-state index in [1.165, 1.54) is 17.4 Å². The Kier molecular flexibility index (Phi) is 6.97. The highest BCUT2D eigenvalue weighted by atomic mass is 32.2. The van der Waals surface area contributed by atoms with Gasteiger partial charge in [0.15, 0.2) is 0 Å². The molecule has 0 aromatic heterocycles. The van der Waals surface area contributed by atoms with Crippen LogP contribution in [0.15, 0.2) is 66.7 Å². The molecule has 1 N–H and O–H groups in total. The Balaban J connectivity index is 1.94. The summed E-state index contributed by atoms with van der Waals surface area (Å²) in [5.41, 5.74) is 2.49. The third kappa shape index (κ3) is 5.46. The van der Waals surface area contributed by atoms with Gasteiger partial charge in [-0.15, -0.1) is 0 Å². The molecule has 0 radical (unpaired) electrons. The lowest BCUT2D eigenvalue weighted by Gasteiger charge is -2.19. The molecule has 0 fully saturated rings. The van der Waals surface area contributed by atoms with Crippen LogP contribution >= 0.6 is 0 Å². The fourth-order valence-electron chi connectivity index (χ4n) is 2.49. The number of anilines is 1. The maximum Gasteiger partial charge on any atom is 0.244 e. The summed E-state index contributed by atoms with van der Waals surface area (Å²) in [6.07, 6.45) is 2.25. The number of hydrogen-bond donors (Lipinski definition) is 1. The molecule has 5 nitrogen and oxygen atoms in total. The molecule has 0 bridgehead atoms. The Morgan fingerprint density at radius 1 is 1.04 bits per heavy atom. The van der Waals surface area contributed by atoms with Crippen LogP contribution in [0.25, 0.3) is 5.57 Å². The lowest BCUT2D eigenvalue weighted by molar-refractivity contribution is -0.116. The van der Waals surface area contributed by atoms with Crippen LogP contribution in [0, 0.1) is 0 Å². The summed E-state index contributed by atoms with van der Waals surface area (Å²) in [6.45, 7) is 2.03. The zero-order valence-corrected chi connectivity index (χ0v) is 15.9. The summed E-state index contributed by atoms with van der Waals surface area (Å²) in [7, 11) is -1.99. The van der Waals surface area contributed by atoms with Gasteiger partial charge in [0.2, 0.25) is 15.9 Å². The van der Waals surface area contributed by atoms with Crippen molar-refractivity contribution in [1.82, 2.24) is 5.32 Å². The summed E-state index contributed by atoms with van der Waals surface area (Å²) in [4.78, 5) is 12.1. The molecule has 0 unspecified atom stereocenters. The number of hydrogen-bond acceptors (Lipinski definition) is 3. The second kappa shape index (κ2) is 9.20. The van der Waals surface area contributed by atoms with Crippen LogP contribution < -0.4 is 9.62 Å². The Bertz CT molecular complexity index is 847. The number of nitrogens with one attached hydrogen (secondary N) is 1. The van der Waals surface area contributed by atoms with Gasteiger partial charge in [0.25, 0.3) is 0 Å². The molecule has 0 atom stereocenters. The Hall–Kier alpha value is -2.60. The molecule has 0 aliphatic heterocycles. The van der Waals surface area contributed by atoms with Crippen molar-refractivity contribution in [2.24, 2.45) is 0 Å². The fraction of sp³-hybridized carbons (Fsp3) is 0.250. The van der Waals surface area contributed by atoms with Crippen molar-refractivity contribution in [3.8, 4) is 0 Å². The monoisotopic (exact) mass is 372 g/mol. The van der Waals surface area contributed by atoms with E-state index >= 15 is 0 Å². The number of benzene rings is 2. The normalized spacial score (nSPS) is 11.8. The number of allylic oxidation sites excluding steroid dienone is 1. The van der Waals surface area contributed by atoms with E-state index in [1.807, 2.05) is 43.3 Å². The molecule has 2 aromatic carbocycles. The van der Waals surface area contributed by atoms with Crippen LogP contribution in [0.4, 0.5) is 5.69 Å². The van der Waals surface area contributed by atoms with Gasteiger partial charge in [-0.05, 0) is 29.7 Å². The second-order valence-electron chi connectivity index (χ2n) is 5.80. The van der Waals surface area contributed by atoms with Crippen LogP contribution in [0.1, 0.15) is 18.9 Å². The summed E-state index contributed by atoms with van der Waals surface area (Å²) >= 11 is 0. The van der Waals surface area contributed by atoms with Crippen molar-refractivity contribution in [3.05, 3.63) is 72.3 Å². The van der Waals surface area contributed by atoms with E-state index in [1.54, 1.807) is 24.3 Å². The number of rotatable bonds is 8. The predicted molar refractivity (Wildman–Crippen MR) is 106 cm³/mol. The van der Waals surface area contributed by atoms with Crippen molar-refractivity contribution >= 4 is 27.2 Å². The van der Waals surface area contributed by atoms with Crippen molar-refractivity contribution in [2.45, 2.75) is 13.3 Å². The van der Waals surface area contributed by atoms with E-state index in [9.17, 15) is 13.2 Å². The van der Waals surface area contributed by atoms with E-state index < -0.39 is 10.0 Å². The number of para-hydroxylation sites is 1. The van der Waals surface area contributed by atoms with Gasteiger partial charge in [0.05, 0.1) is 11.4 Å². The number of sulfonamides is 1. The zero-order chi connectivity index (χ0) is 19.0. The van der Waals surface area contributed by atoms with Gasteiger partial charge in [0, 0.05) is 19.7 Å². The number of carbonyl (C=O) groups is 1. The number of amides is 1. The molecule has 0 heterocycles. The lowest BCUT2D eigenvalue weighted by Crippen LogP contribution is -2.35. The van der Waals surface area contributed by atoms with Crippen LogP contribution in [-0.2, 0) is 14.8 Å². The zero-order valence-electron chi connectivity index (χ0n) is 15.1. The minimum absolute atomic E-state index is 0.0562. The van der Waals surface area contributed by atoms with Crippen LogP contribution in [0.3, 0.4) is 0 Å². The fourth-order valence-corrected chi connectivity index (χ4v) is 3.57. The van der Waals surface area contributed by atoms with Gasteiger partial charge < -0.3 is 5.32 Å². The van der Waals surface area contributed by atoms with Gasteiger partial charge >= 0.3 is 0 Å². The second-order valence-corrected chi connectivity index (χ2v) is 7.92. The number of carbonyl (C=O) groups excluding carboxylic acids is 1. The molecule has 0 saturated heterocycles. The van der Waals surface area contributed by atoms with E-state index in [4.69, 9.17) is 0 Å². The molecule has 1 amide bonds. The molecule has 0 aliphatic rings. The lowest BCUT2D eigenvalue weighted by atomic mass is 10.0. The van der Waals surface area contributed by atoms with Crippen LogP contribution in [0.5, 0.6) is 0 Å². The summed E-state index contributed by atoms with van der Waals surface area (Å²) < 4.78 is 26.0. The van der Waals surface area contributed by atoms with Gasteiger partial charge in [-0.3, -0.25) is 9.10 Å². The van der Waals surface area contributed by atoms with Gasteiger partial charge in [-0.1, -0.05) is 55.5 Å². The topological polar surface area (TPSA) is 66.5 Å². The number of nitrogens with zero attached hydrogens (tertiary/aromatic N) is 1. The first kappa shape index (κ1) is 19.7. The van der Waals surface area contributed by atoms with E-state index in [0.29, 0.717) is 12.1 Å². The highest BCUT2D eigenvalue weighted by Crippen LogP contribution is 2.17. The Labute approximate surface area is 155 Å². The molecular weight excluding hydrogens is 348 g/mol. The van der Waals surface area contributed by atoms with Gasteiger partial charge in [-0.2, -0.15) is 0 Å². The van der Waals surface area contributed by atoms with Crippen molar-refractivity contribution in [1.29, 1.82) is 0 Å². The van der Waals surface area contributed by atoms with Gasteiger partial charge in [0.1, 0.15) is 0 Å². The summed E-state index contributed by atoms with van der Waals surface area (Å²) in [5.74, 6) is -0.451. The SMILES string of the molecule is CC/C(=C\C(=O)NCCS(=O)(=O)N(C)c1ccccc1)c1ccccc1. The van der Waals surface area contributed by atoms with Crippen molar-refractivity contribution in [3.63, 3.8) is 0 Å². The highest BCUT2D eigenvalue weighted by molar-refractivity contribution is 7.92. The third-order valence-corrected chi connectivity index (χ3v) is 5.79. The summed E-state index contributed by atoms with van der Waals surface area (Å²) in [6, 6.07) is 18.5. The third-order valence-electron chi connectivity index (χ3n) is 4.03. The van der Waals surface area contributed by atoms with Crippen LogP contribution in [-0.4, -0.2) is 33.7 Å². The highest BCUT2D eigenvalue weighted by Gasteiger charge is 2.18. The Morgan fingerprint density at radius 3 is 2.19 bits per heavy atom. The predicted octanol–water partition coefficient (Wildman–Crippen LogP) is 3.06. The molecular formula is C20H24N2O3S. The van der Waals surface area contributed by atoms with E-state index in [-0.39, 0.29) is 18.2 Å². The standard InChI is InChI=1S/C20H24N2O3S/c1-3-17(18-10-6-4-7-11-18)16-20(23)21-14-15-26(24,25)22(2)19-12-8-5-9-13-19/h4-13,16H,3,14-15H2,1-2H3,(H,21,23)/b17-16+. The van der Waals surface area contributed by atoms with E-state index in [2.05, 4.69) is 5.32 Å². The molecule has 6 heteroatoms. The van der Waals surface area contributed by atoms with Crippen molar-refractivity contribution in [2.75, 3.05) is 23.7 Å². The smallest absolute Gasteiger partial charge is 0.244 e. The molecule has 0 aliphatic carbocycles. The van der Waals surface area contributed by atoms with E-state index in [0.717, 1.165) is 11.1 Å². The molecule has 2 aromatic rings. The molecule has 2 rings (SSSR count). The Morgan fingerprint density at radius 2 is 1.62 bits per heavy atom.